The molecule has 126 valence electrons. The van der Waals surface area contributed by atoms with Crippen LogP contribution in [0.15, 0.2) is 18.2 Å². The molecule has 1 aromatic carbocycles. The molecule has 1 aliphatic rings. The zero-order valence-corrected chi connectivity index (χ0v) is 14.2. The number of aryl methyl sites for hydroxylation is 1. The summed E-state index contributed by atoms with van der Waals surface area (Å²) in [5, 5.41) is 9.11. The lowest BCUT2D eigenvalue weighted by atomic mass is 9.95. The molecule has 2 rings (SSSR count). The van der Waals surface area contributed by atoms with Gasteiger partial charge in [0.2, 0.25) is 5.91 Å². The van der Waals surface area contributed by atoms with Crippen molar-refractivity contribution in [1.29, 1.82) is 0 Å². The quantitative estimate of drug-likeness (QED) is 0.768. The first kappa shape index (κ1) is 17.6. The number of urea groups is 1. The van der Waals surface area contributed by atoms with Crippen LogP contribution in [0.2, 0.25) is 5.02 Å². The number of benzene rings is 1. The first-order chi connectivity index (χ1) is 11.0. The van der Waals surface area contributed by atoms with E-state index in [1.165, 1.54) is 19.3 Å². The molecule has 0 aliphatic heterocycles. The van der Waals surface area contributed by atoms with Crippen molar-refractivity contribution in [1.82, 2.24) is 10.6 Å². The lowest BCUT2D eigenvalue weighted by Gasteiger charge is -2.22. The normalized spacial score (nSPS) is 15.0. The molecule has 23 heavy (non-hydrogen) atoms. The number of hydrogen-bond acceptors (Lipinski definition) is 2. The number of carbonyl (C=O) groups excluding carboxylic acids is 2. The van der Waals surface area contributed by atoms with Gasteiger partial charge in [-0.25, -0.2) is 4.79 Å². The third-order valence-corrected chi connectivity index (χ3v) is 4.45. The maximum absolute atomic E-state index is 11.8. The Morgan fingerprint density at radius 2 is 1.96 bits per heavy atom. The van der Waals surface area contributed by atoms with Crippen LogP contribution in [0.5, 0.6) is 0 Å². The molecular formula is C17H24ClN3O2. The first-order valence-electron chi connectivity index (χ1n) is 8.15. The van der Waals surface area contributed by atoms with Gasteiger partial charge in [0.1, 0.15) is 0 Å². The highest BCUT2D eigenvalue weighted by molar-refractivity contribution is 6.31. The molecule has 0 saturated heterocycles. The minimum absolute atomic E-state index is 0.000428. The van der Waals surface area contributed by atoms with Crippen LogP contribution in [-0.4, -0.2) is 24.5 Å². The van der Waals surface area contributed by atoms with Crippen molar-refractivity contribution in [3.8, 4) is 0 Å². The van der Waals surface area contributed by atoms with E-state index >= 15 is 0 Å². The van der Waals surface area contributed by atoms with Crippen LogP contribution in [0.1, 0.15) is 44.1 Å². The molecule has 0 heterocycles. The zero-order chi connectivity index (χ0) is 16.7. The number of amides is 3. The summed E-state index contributed by atoms with van der Waals surface area (Å²) >= 11 is 5.94. The first-order valence-corrected chi connectivity index (χ1v) is 8.53. The topological polar surface area (TPSA) is 70.2 Å². The number of anilines is 1. The van der Waals surface area contributed by atoms with Gasteiger partial charge in [0.15, 0.2) is 0 Å². The van der Waals surface area contributed by atoms with E-state index in [2.05, 4.69) is 16.0 Å². The van der Waals surface area contributed by atoms with Crippen LogP contribution in [0.3, 0.4) is 0 Å². The van der Waals surface area contributed by atoms with Crippen molar-refractivity contribution in [2.45, 2.75) is 51.5 Å². The molecule has 3 amide bonds. The summed E-state index contributed by atoms with van der Waals surface area (Å²) in [6.45, 7) is 2.19. The van der Waals surface area contributed by atoms with Gasteiger partial charge >= 0.3 is 6.03 Å². The highest BCUT2D eigenvalue weighted by atomic mass is 35.5. The molecular weight excluding hydrogens is 314 g/mol. The Labute approximate surface area is 142 Å². The van der Waals surface area contributed by atoms with Crippen molar-refractivity contribution in [2.24, 2.45) is 0 Å². The summed E-state index contributed by atoms with van der Waals surface area (Å²) in [4.78, 5) is 23.6. The van der Waals surface area contributed by atoms with E-state index < -0.39 is 0 Å². The van der Waals surface area contributed by atoms with E-state index in [0.29, 0.717) is 29.7 Å². The predicted molar refractivity (Wildman–Crippen MR) is 92.8 cm³/mol. The summed E-state index contributed by atoms with van der Waals surface area (Å²) in [6.07, 6.45) is 6.06. The molecule has 1 aromatic rings. The molecule has 5 nitrogen and oxygen atoms in total. The highest BCUT2D eigenvalue weighted by Crippen LogP contribution is 2.19. The number of rotatable bonds is 5. The van der Waals surface area contributed by atoms with Gasteiger partial charge in [-0.05, 0) is 43.5 Å². The maximum atomic E-state index is 11.8. The predicted octanol–water partition coefficient (Wildman–Crippen LogP) is 3.61. The van der Waals surface area contributed by atoms with Gasteiger partial charge in [0.25, 0.3) is 0 Å². The van der Waals surface area contributed by atoms with Crippen molar-refractivity contribution < 1.29 is 9.59 Å². The summed E-state index contributed by atoms with van der Waals surface area (Å²) in [5.41, 5.74) is 1.58. The summed E-state index contributed by atoms with van der Waals surface area (Å²) in [7, 11) is 0. The second-order valence-electron chi connectivity index (χ2n) is 6.00. The van der Waals surface area contributed by atoms with Gasteiger partial charge in [0.05, 0.1) is 0 Å². The monoisotopic (exact) mass is 337 g/mol. The fourth-order valence-corrected chi connectivity index (χ4v) is 2.85. The van der Waals surface area contributed by atoms with Crippen molar-refractivity contribution >= 4 is 29.2 Å². The third kappa shape index (κ3) is 6.10. The number of carbonyl (C=O) groups is 2. The lowest BCUT2D eigenvalue weighted by Crippen LogP contribution is -2.38. The molecule has 0 aromatic heterocycles. The average Bonchev–Trinajstić information content (AvgIpc) is 2.52. The maximum Gasteiger partial charge on any atom is 0.319 e. The van der Waals surface area contributed by atoms with E-state index in [-0.39, 0.29) is 11.9 Å². The minimum atomic E-state index is -0.322. The van der Waals surface area contributed by atoms with Crippen LogP contribution in [0.4, 0.5) is 10.5 Å². The molecule has 1 saturated carbocycles. The Kier molecular flexibility index (Phi) is 6.71. The Bertz CT molecular complexity index is 557. The molecule has 0 spiro atoms. The molecule has 0 radical (unpaired) electrons. The van der Waals surface area contributed by atoms with Crippen LogP contribution in [0.25, 0.3) is 0 Å². The number of halogens is 1. The minimum Gasteiger partial charge on any atom is -0.353 e. The SMILES string of the molecule is Cc1cc(NC(=O)NCCC(=O)NC2CCCCC2)ccc1Cl. The average molecular weight is 338 g/mol. The van der Waals surface area contributed by atoms with Crippen LogP contribution >= 0.6 is 11.6 Å². The van der Waals surface area contributed by atoms with E-state index in [9.17, 15) is 9.59 Å². The van der Waals surface area contributed by atoms with Crippen LogP contribution in [0, 0.1) is 6.92 Å². The van der Waals surface area contributed by atoms with E-state index in [4.69, 9.17) is 11.6 Å². The Morgan fingerprint density at radius 1 is 1.22 bits per heavy atom. The summed E-state index contributed by atoms with van der Waals surface area (Å²) < 4.78 is 0. The lowest BCUT2D eigenvalue weighted by molar-refractivity contribution is -0.121. The van der Waals surface area contributed by atoms with Crippen molar-refractivity contribution in [3.05, 3.63) is 28.8 Å². The summed E-state index contributed by atoms with van der Waals surface area (Å²) in [6, 6.07) is 5.27. The number of hydrogen-bond donors (Lipinski definition) is 3. The zero-order valence-electron chi connectivity index (χ0n) is 13.5. The molecule has 0 bridgehead atoms. The van der Waals surface area contributed by atoms with Crippen LogP contribution in [-0.2, 0) is 4.79 Å². The smallest absolute Gasteiger partial charge is 0.319 e. The van der Waals surface area contributed by atoms with Gasteiger partial charge in [-0.3, -0.25) is 4.79 Å². The molecule has 6 heteroatoms. The molecule has 0 atom stereocenters. The van der Waals surface area contributed by atoms with Crippen molar-refractivity contribution in [3.63, 3.8) is 0 Å². The van der Waals surface area contributed by atoms with Gasteiger partial charge in [-0.15, -0.1) is 0 Å². The highest BCUT2D eigenvalue weighted by Gasteiger charge is 2.15. The van der Waals surface area contributed by atoms with Gasteiger partial charge in [-0.1, -0.05) is 30.9 Å². The van der Waals surface area contributed by atoms with Gasteiger partial charge < -0.3 is 16.0 Å². The molecule has 1 fully saturated rings. The third-order valence-electron chi connectivity index (χ3n) is 4.02. The number of nitrogens with one attached hydrogen (secondary N) is 3. The van der Waals surface area contributed by atoms with Gasteiger partial charge in [0, 0.05) is 29.7 Å². The van der Waals surface area contributed by atoms with Gasteiger partial charge in [-0.2, -0.15) is 0 Å². The Hall–Kier alpha value is -1.75. The Morgan fingerprint density at radius 3 is 2.65 bits per heavy atom. The summed E-state index contributed by atoms with van der Waals surface area (Å²) in [5.74, 6) is -0.000428. The van der Waals surface area contributed by atoms with E-state index in [1.54, 1.807) is 18.2 Å². The van der Waals surface area contributed by atoms with Crippen LogP contribution < -0.4 is 16.0 Å². The molecule has 3 N–H and O–H groups in total. The fourth-order valence-electron chi connectivity index (χ4n) is 2.73. The largest absolute Gasteiger partial charge is 0.353 e. The second kappa shape index (κ2) is 8.77. The van der Waals surface area contributed by atoms with E-state index in [1.807, 2.05) is 6.92 Å². The standard InChI is InChI=1S/C17H24ClN3O2/c1-12-11-14(7-8-15(12)18)21-17(23)19-10-9-16(22)20-13-5-3-2-4-6-13/h7-8,11,13H,2-6,9-10H2,1H3,(H,20,22)(H2,19,21,23). The molecule has 0 unspecified atom stereocenters. The van der Waals surface area contributed by atoms with Crippen molar-refractivity contribution in [2.75, 3.05) is 11.9 Å². The second-order valence-corrected chi connectivity index (χ2v) is 6.40. The molecule has 1 aliphatic carbocycles. The Balaban J connectivity index is 1.65. The van der Waals surface area contributed by atoms with E-state index in [0.717, 1.165) is 18.4 Å². The fraction of sp³-hybridized carbons (Fsp3) is 0.529.